The molecule has 2 aromatic carbocycles. The maximum Gasteiger partial charge on any atom is 0.311 e. The average molecular weight is 309 g/mol. The first-order chi connectivity index (χ1) is 11.1. The number of amides is 2. The molecule has 116 valence electrons. The number of rotatable bonds is 4. The average Bonchev–Trinajstić information content (AvgIpc) is 2.81. The van der Waals surface area contributed by atoms with Gasteiger partial charge in [-0.3, -0.25) is 14.4 Å². The van der Waals surface area contributed by atoms with E-state index >= 15 is 0 Å². The van der Waals surface area contributed by atoms with Gasteiger partial charge in [0.05, 0.1) is 16.8 Å². The van der Waals surface area contributed by atoms with Crippen LogP contribution >= 0.6 is 0 Å². The SMILES string of the molecule is CCCC(=O)Oc1ccc(N2C(=O)c3ccccc3C2=O)cc1. The molecule has 1 aliphatic heterocycles. The lowest BCUT2D eigenvalue weighted by Gasteiger charge is -2.14. The van der Waals surface area contributed by atoms with Crippen LogP contribution in [0.4, 0.5) is 5.69 Å². The molecule has 23 heavy (non-hydrogen) atoms. The summed E-state index contributed by atoms with van der Waals surface area (Å²) in [5, 5.41) is 0. The zero-order valence-electron chi connectivity index (χ0n) is 12.6. The summed E-state index contributed by atoms with van der Waals surface area (Å²) in [6.07, 6.45) is 1.06. The van der Waals surface area contributed by atoms with Gasteiger partial charge in [0.15, 0.2) is 0 Å². The van der Waals surface area contributed by atoms with Crippen molar-refractivity contribution in [1.82, 2.24) is 0 Å². The van der Waals surface area contributed by atoms with Gasteiger partial charge in [-0.1, -0.05) is 19.1 Å². The van der Waals surface area contributed by atoms with Crippen LogP contribution < -0.4 is 9.64 Å². The van der Waals surface area contributed by atoms with Crippen molar-refractivity contribution in [3.63, 3.8) is 0 Å². The van der Waals surface area contributed by atoms with E-state index in [1.807, 2.05) is 6.92 Å². The highest BCUT2D eigenvalue weighted by molar-refractivity contribution is 6.34. The lowest BCUT2D eigenvalue weighted by atomic mass is 10.1. The molecule has 5 nitrogen and oxygen atoms in total. The second-order valence-electron chi connectivity index (χ2n) is 5.21. The summed E-state index contributed by atoms with van der Waals surface area (Å²) in [5.41, 5.74) is 1.25. The number of imide groups is 1. The maximum atomic E-state index is 12.4. The van der Waals surface area contributed by atoms with Crippen molar-refractivity contribution in [3.8, 4) is 5.75 Å². The zero-order chi connectivity index (χ0) is 16.4. The first-order valence-corrected chi connectivity index (χ1v) is 7.40. The van der Waals surface area contributed by atoms with E-state index in [1.54, 1.807) is 48.5 Å². The Labute approximate surface area is 133 Å². The molecule has 0 fully saturated rings. The van der Waals surface area contributed by atoms with Crippen LogP contribution in [0.1, 0.15) is 40.5 Å². The third-order valence-electron chi connectivity index (χ3n) is 3.57. The molecule has 0 aromatic heterocycles. The monoisotopic (exact) mass is 309 g/mol. The highest BCUT2D eigenvalue weighted by Gasteiger charge is 2.36. The Morgan fingerprint density at radius 3 is 2.04 bits per heavy atom. The van der Waals surface area contributed by atoms with Crippen LogP contribution in [0.5, 0.6) is 5.75 Å². The molecule has 2 aromatic rings. The van der Waals surface area contributed by atoms with Crippen LogP contribution in [-0.4, -0.2) is 17.8 Å². The number of fused-ring (bicyclic) bond motifs is 1. The van der Waals surface area contributed by atoms with Gasteiger partial charge in [0.2, 0.25) is 0 Å². The van der Waals surface area contributed by atoms with Crippen LogP contribution in [0, 0.1) is 0 Å². The summed E-state index contributed by atoms with van der Waals surface area (Å²) in [4.78, 5) is 37.3. The second kappa shape index (κ2) is 6.04. The van der Waals surface area contributed by atoms with Gasteiger partial charge < -0.3 is 4.74 Å². The molecule has 0 radical (unpaired) electrons. The number of hydrogen-bond donors (Lipinski definition) is 0. The second-order valence-corrected chi connectivity index (χ2v) is 5.21. The standard InChI is InChI=1S/C18H15NO4/c1-2-5-16(20)23-13-10-8-12(9-11-13)19-17(21)14-6-3-4-7-15(14)18(19)22/h3-4,6-11H,2,5H2,1H3. The van der Waals surface area contributed by atoms with E-state index in [0.717, 1.165) is 4.90 Å². The Hall–Kier alpha value is -2.95. The van der Waals surface area contributed by atoms with Crippen molar-refractivity contribution >= 4 is 23.5 Å². The molecule has 0 atom stereocenters. The van der Waals surface area contributed by atoms with E-state index in [-0.39, 0.29) is 17.8 Å². The van der Waals surface area contributed by atoms with E-state index in [1.165, 1.54) is 0 Å². The number of esters is 1. The van der Waals surface area contributed by atoms with Crippen LogP contribution in [0.2, 0.25) is 0 Å². The molecule has 0 unspecified atom stereocenters. The summed E-state index contributed by atoms with van der Waals surface area (Å²) in [5.74, 6) is -0.604. The minimum Gasteiger partial charge on any atom is -0.427 e. The number of anilines is 1. The Bertz CT molecular complexity index is 745. The normalized spacial score (nSPS) is 13.2. The van der Waals surface area contributed by atoms with Gasteiger partial charge in [-0.25, -0.2) is 4.90 Å². The van der Waals surface area contributed by atoms with Gasteiger partial charge in [-0.05, 0) is 42.8 Å². The molecule has 2 amide bonds. The van der Waals surface area contributed by atoms with E-state index in [4.69, 9.17) is 4.74 Å². The predicted molar refractivity (Wildman–Crippen MR) is 84.6 cm³/mol. The van der Waals surface area contributed by atoms with Gasteiger partial charge >= 0.3 is 5.97 Å². The number of carbonyl (C=O) groups excluding carboxylic acids is 3. The fourth-order valence-corrected chi connectivity index (χ4v) is 2.47. The van der Waals surface area contributed by atoms with Gasteiger partial charge in [-0.15, -0.1) is 0 Å². The van der Waals surface area contributed by atoms with E-state index in [9.17, 15) is 14.4 Å². The number of benzene rings is 2. The van der Waals surface area contributed by atoms with E-state index in [2.05, 4.69) is 0 Å². The molecule has 0 saturated carbocycles. The molecule has 0 bridgehead atoms. The molecule has 0 saturated heterocycles. The third kappa shape index (κ3) is 2.73. The topological polar surface area (TPSA) is 63.7 Å². The molecule has 0 aliphatic carbocycles. The molecule has 1 aliphatic rings. The van der Waals surface area contributed by atoms with Gasteiger partial charge in [-0.2, -0.15) is 0 Å². The van der Waals surface area contributed by atoms with Crippen molar-refractivity contribution in [2.75, 3.05) is 4.90 Å². The summed E-state index contributed by atoms with van der Waals surface area (Å²) in [6, 6.07) is 13.1. The molecular formula is C18H15NO4. The zero-order valence-corrected chi connectivity index (χ0v) is 12.6. The maximum absolute atomic E-state index is 12.4. The largest absolute Gasteiger partial charge is 0.427 e. The molecular weight excluding hydrogens is 294 g/mol. The molecule has 3 rings (SSSR count). The van der Waals surface area contributed by atoms with Gasteiger partial charge in [0, 0.05) is 6.42 Å². The molecule has 1 heterocycles. The lowest BCUT2D eigenvalue weighted by Crippen LogP contribution is -2.29. The molecule has 0 spiro atoms. The number of ether oxygens (including phenoxy) is 1. The minimum absolute atomic E-state index is 0.305. The predicted octanol–water partition coefficient (Wildman–Crippen LogP) is 3.19. The number of nitrogens with zero attached hydrogens (tertiary/aromatic N) is 1. The Morgan fingerprint density at radius 1 is 0.957 bits per heavy atom. The highest BCUT2D eigenvalue weighted by atomic mass is 16.5. The van der Waals surface area contributed by atoms with Crippen molar-refractivity contribution in [2.24, 2.45) is 0 Å². The van der Waals surface area contributed by atoms with Crippen LogP contribution in [0.25, 0.3) is 0 Å². The minimum atomic E-state index is -0.346. The van der Waals surface area contributed by atoms with Gasteiger partial charge in [0.25, 0.3) is 11.8 Å². The van der Waals surface area contributed by atoms with Crippen LogP contribution in [0.15, 0.2) is 48.5 Å². The number of carbonyl (C=O) groups is 3. The van der Waals surface area contributed by atoms with Crippen molar-refractivity contribution < 1.29 is 19.1 Å². The van der Waals surface area contributed by atoms with Gasteiger partial charge in [0.1, 0.15) is 5.75 Å². The summed E-state index contributed by atoms with van der Waals surface area (Å²) < 4.78 is 5.16. The number of hydrogen-bond acceptors (Lipinski definition) is 4. The fourth-order valence-electron chi connectivity index (χ4n) is 2.47. The first kappa shape index (κ1) is 15.0. The highest BCUT2D eigenvalue weighted by Crippen LogP contribution is 2.29. The summed E-state index contributed by atoms with van der Waals surface area (Å²) in [6.45, 7) is 1.90. The van der Waals surface area contributed by atoms with Crippen LogP contribution in [0.3, 0.4) is 0 Å². The lowest BCUT2D eigenvalue weighted by molar-refractivity contribution is -0.134. The first-order valence-electron chi connectivity index (χ1n) is 7.40. The quantitative estimate of drug-likeness (QED) is 0.494. The Morgan fingerprint density at radius 2 is 1.52 bits per heavy atom. The van der Waals surface area contributed by atoms with E-state index < -0.39 is 0 Å². The van der Waals surface area contributed by atoms with Crippen molar-refractivity contribution in [3.05, 3.63) is 59.7 Å². The smallest absolute Gasteiger partial charge is 0.311 e. The Balaban J connectivity index is 1.82. The fraction of sp³-hybridized carbons (Fsp3) is 0.167. The third-order valence-corrected chi connectivity index (χ3v) is 3.57. The molecule has 0 N–H and O–H groups in total. The van der Waals surface area contributed by atoms with Crippen LogP contribution in [-0.2, 0) is 4.79 Å². The van der Waals surface area contributed by atoms with Crippen molar-refractivity contribution in [1.29, 1.82) is 0 Å². The Kier molecular flexibility index (Phi) is 3.93. The van der Waals surface area contributed by atoms with Crippen molar-refractivity contribution in [2.45, 2.75) is 19.8 Å². The molecule has 5 heteroatoms. The summed E-state index contributed by atoms with van der Waals surface area (Å²) >= 11 is 0. The summed E-state index contributed by atoms with van der Waals surface area (Å²) in [7, 11) is 0. The van der Waals surface area contributed by atoms with E-state index in [0.29, 0.717) is 35.4 Å².